The van der Waals surface area contributed by atoms with Gasteiger partial charge in [0.1, 0.15) is 11.9 Å². The molecule has 2 aliphatic heterocycles. The number of nitrogens with one attached hydrogen (secondary N) is 3. The summed E-state index contributed by atoms with van der Waals surface area (Å²) in [5.74, 6) is -1.10. The molecule has 0 saturated carbocycles. The van der Waals surface area contributed by atoms with E-state index in [0.717, 1.165) is 5.56 Å². The number of nitrogens with zero attached hydrogens (tertiary/aromatic N) is 1. The summed E-state index contributed by atoms with van der Waals surface area (Å²) in [4.78, 5) is 27.4. The number of sulfonamides is 1. The molecule has 6 atom stereocenters. The molecule has 2 amide bonds. The Morgan fingerprint density at radius 3 is 2.35 bits per heavy atom. The van der Waals surface area contributed by atoms with Gasteiger partial charge in [0, 0.05) is 46.9 Å². The first kappa shape index (κ1) is 36.7. The van der Waals surface area contributed by atoms with Gasteiger partial charge in [-0.25, -0.2) is 17.6 Å². The molecule has 5 rings (SSSR count). The van der Waals surface area contributed by atoms with Gasteiger partial charge in [0.05, 0.1) is 24.2 Å². The summed E-state index contributed by atoms with van der Waals surface area (Å²) in [6, 6.07) is 17.9. The number of alkyl carbamates (subject to hydrolysis) is 1. The number of methoxy groups -OCH3 is 1. The Kier molecular flexibility index (Phi) is 11.7. The first-order chi connectivity index (χ1) is 23.4. The van der Waals surface area contributed by atoms with E-state index in [1.807, 2.05) is 32.9 Å². The Bertz CT molecular complexity index is 1720. The van der Waals surface area contributed by atoms with Crippen LogP contribution in [0.2, 0.25) is 5.02 Å². The molecule has 0 spiro atoms. The molecule has 3 aromatic carbocycles. The zero-order chi connectivity index (χ0) is 35.3. The average molecular weight is 715 g/mol. The maximum atomic E-state index is 15.6. The number of carbonyl (C=O) groups is 2. The van der Waals surface area contributed by atoms with Crippen molar-refractivity contribution in [2.75, 3.05) is 25.5 Å². The molecule has 0 radical (unpaired) electrons. The molecular formula is C36H44ClFN4O6S. The maximum absolute atomic E-state index is 15.6. The Morgan fingerprint density at radius 2 is 1.69 bits per heavy atom. The second-order valence-electron chi connectivity index (χ2n) is 13.0. The fourth-order valence-electron chi connectivity index (χ4n) is 7.47. The van der Waals surface area contributed by atoms with E-state index in [4.69, 9.17) is 21.1 Å². The average Bonchev–Trinajstić information content (AvgIpc) is 3.06. The highest BCUT2D eigenvalue weighted by molar-refractivity contribution is 7.89. The fourth-order valence-corrected chi connectivity index (χ4v) is 9.47. The van der Waals surface area contributed by atoms with Crippen molar-refractivity contribution in [3.63, 3.8) is 0 Å². The number of amides is 2. The van der Waals surface area contributed by atoms with Crippen molar-refractivity contribution in [1.29, 1.82) is 0 Å². The molecule has 2 saturated heterocycles. The standard InChI is InChI=1S/C36H44ClFN4O6S/c1-23-21-39-22-28(42(23)49(45,46)29-9-6-5-7-10-29)17-18-30-31(38)11-8-12-32(30)40-34(43)33(41-35(44)47-4)36(19-24(2)48-25(3)20-36)26-13-15-27(37)16-14-26/h5-16,23-25,28,33,39H,17-22H2,1-4H3,(H,40,43)(H,41,44)/t23-,24-,25+,28-,33+,36?/m0/s1. The highest BCUT2D eigenvalue weighted by Gasteiger charge is 2.50. The smallest absolute Gasteiger partial charge is 0.407 e. The van der Waals surface area contributed by atoms with Gasteiger partial charge in [-0.1, -0.05) is 48.0 Å². The SMILES string of the molecule is COC(=O)N[C@H](C(=O)Nc1cccc(F)c1CC[C@H]1CNC[C@H](C)N1S(=O)(=O)c1ccccc1)C1(c2ccc(Cl)cc2)C[C@@H](C)O[C@@H](C)C1. The van der Waals surface area contributed by atoms with Gasteiger partial charge in [-0.2, -0.15) is 4.31 Å². The monoisotopic (exact) mass is 714 g/mol. The Labute approximate surface area is 292 Å². The molecule has 2 aliphatic rings. The van der Waals surface area contributed by atoms with Crippen LogP contribution in [0.1, 0.15) is 51.2 Å². The number of ether oxygens (including phenoxy) is 2. The Morgan fingerprint density at radius 1 is 1.02 bits per heavy atom. The Hall–Kier alpha value is -3.55. The van der Waals surface area contributed by atoms with Gasteiger partial charge in [0.2, 0.25) is 15.9 Å². The number of benzene rings is 3. The van der Waals surface area contributed by atoms with Gasteiger partial charge in [-0.05, 0) is 88.4 Å². The molecule has 13 heteroatoms. The van der Waals surface area contributed by atoms with E-state index in [0.29, 0.717) is 31.0 Å². The molecule has 3 aromatic rings. The topological polar surface area (TPSA) is 126 Å². The number of hydrogen-bond acceptors (Lipinski definition) is 7. The summed E-state index contributed by atoms with van der Waals surface area (Å²) in [5, 5.41) is 9.51. The molecule has 0 aliphatic carbocycles. The second kappa shape index (κ2) is 15.6. The third kappa shape index (κ3) is 8.10. The van der Waals surface area contributed by atoms with E-state index >= 15 is 4.39 Å². The van der Waals surface area contributed by atoms with Gasteiger partial charge >= 0.3 is 6.09 Å². The van der Waals surface area contributed by atoms with Gasteiger partial charge in [-0.3, -0.25) is 4.79 Å². The highest BCUT2D eigenvalue weighted by atomic mass is 35.5. The lowest BCUT2D eigenvalue weighted by Gasteiger charge is -2.47. The van der Waals surface area contributed by atoms with Crippen molar-refractivity contribution < 1.29 is 31.9 Å². The zero-order valence-electron chi connectivity index (χ0n) is 28.1. The van der Waals surface area contributed by atoms with Crippen LogP contribution >= 0.6 is 11.6 Å². The van der Waals surface area contributed by atoms with Gasteiger partial charge < -0.3 is 25.4 Å². The summed E-state index contributed by atoms with van der Waals surface area (Å²) in [7, 11) is -2.60. The van der Waals surface area contributed by atoms with Gasteiger partial charge in [0.15, 0.2) is 0 Å². The maximum Gasteiger partial charge on any atom is 0.407 e. The van der Waals surface area contributed by atoms with Gasteiger partial charge in [0.25, 0.3) is 0 Å². The van der Waals surface area contributed by atoms with Crippen molar-refractivity contribution in [3.05, 3.63) is 94.8 Å². The number of carbonyl (C=O) groups excluding carboxylic acids is 2. The molecular weight excluding hydrogens is 671 g/mol. The van der Waals surface area contributed by atoms with Crippen LogP contribution < -0.4 is 16.0 Å². The number of rotatable bonds is 10. The number of hydrogen-bond donors (Lipinski definition) is 3. The predicted octanol–water partition coefficient (Wildman–Crippen LogP) is 5.65. The van der Waals surface area contributed by atoms with Crippen molar-refractivity contribution in [2.24, 2.45) is 0 Å². The van der Waals surface area contributed by atoms with Crippen molar-refractivity contribution in [1.82, 2.24) is 14.9 Å². The molecule has 2 heterocycles. The largest absolute Gasteiger partial charge is 0.453 e. The molecule has 0 aromatic heterocycles. The molecule has 10 nitrogen and oxygen atoms in total. The number of piperazine rings is 1. The van der Waals surface area contributed by atoms with E-state index in [-0.39, 0.29) is 47.2 Å². The van der Waals surface area contributed by atoms with Crippen LogP contribution in [0.15, 0.2) is 77.7 Å². The van der Waals surface area contributed by atoms with Crippen LogP contribution in [0.25, 0.3) is 0 Å². The molecule has 1 unspecified atom stereocenters. The van der Waals surface area contributed by atoms with Crippen molar-refractivity contribution in [2.45, 2.75) is 87.1 Å². The minimum absolute atomic E-state index is 0.140. The van der Waals surface area contributed by atoms with Gasteiger partial charge in [-0.15, -0.1) is 0 Å². The summed E-state index contributed by atoms with van der Waals surface area (Å²) >= 11 is 6.23. The molecule has 0 bridgehead atoms. The van der Waals surface area contributed by atoms with E-state index in [1.54, 1.807) is 48.5 Å². The van der Waals surface area contributed by atoms with E-state index in [9.17, 15) is 18.0 Å². The predicted molar refractivity (Wildman–Crippen MR) is 187 cm³/mol. The number of anilines is 1. The molecule has 264 valence electrons. The quantitative estimate of drug-likeness (QED) is 0.248. The summed E-state index contributed by atoms with van der Waals surface area (Å²) < 4.78 is 55.6. The van der Waals surface area contributed by atoms with E-state index < -0.39 is 45.3 Å². The fraction of sp³-hybridized carbons (Fsp3) is 0.444. The van der Waals surface area contributed by atoms with Crippen LogP contribution in [-0.4, -0.2) is 75.3 Å². The third-order valence-electron chi connectivity index (χ3n) is 9.49. The lowest BCUT2D eigenvalue weighted by atomic mass is 9.65. The third-order valence-corrected chi connectivity index (χ3v) is 11.8. The van der Waals surface area contributed by atoms with Crippen molar-refractivity contribution in [3.8, 4) is 0 Å². The first-order valence-electron chi connectivity index (χ1n) is 16.5. The van der Waals surface area contributed by atoms with E-state index in [1.165, 1.54) is 23.5 Å². The normalized spacial score (nSPS) is 25.3. The summed E-state index contributed by atoms with van der Waals surface area (Å²) in [6.45, 7) is 6.55. The number of halogens is 2. The summed E-state index contributed by atoms with van der Waals surface area (Å²) in [5.41, 5.74) is 0.324. The van der Waals surface area contributed by atoms with E-state index in [2.05, 4.69) is 16.0 Å². The van der Waals surface area contributed by atoms with Crippen LogP contribution in [0.4, 0.5) is 14.9 Å². The first-order valence-corrected chi connectivity index (χ1v) is 18.3. The second-order valence-corrected chi connectivity index (χ2v) is 15.3. The van der Waals surface area contributed by atoms with Crippen LogP contribution in [0.3, 0.4) is 0 Å². The highest BCUT2D eigenvalue weighted by Crippen LogP contribution is 2.43. The zero-order valence-corrected chi connectivity index (χ0v) is 29.7. The van der Waals surface area contributed by atoms with Crippen LogP contribution in [-0.2, 0) is 36.1 Å². The van der Waals surface area contributed by atoms with Crippen LogP contribution in [0.5, 0.6) is 0 Å². The molecule has 49 heavy (non-hydrogen) atoms. The minimum atomic E-state index is -3.83. The minimum Gasteiger partial charge on any atom is -0.453 e. The lowest BCUT2D eigenvalue weighted by molar-refractivity contribution is -0.124. The lowest BCUT2D eigenvalue weighted by Crippen LogP contribution is -2.60. The molecule has 2 fully saturated rings. The summed E-state index contributed by atoms with van der Waals surface area (Å²) in [6.07, 6.45) is -0.0651. The Balaban J connectivity index is 1.46. The van der Waals surface area contributed by atoms with Crippen LogP contribution in [0, 0.1) is 5.82 Å². The van der Waals surface area contributed by atoms with Crippen molar-refractivity contribution >= 4 is 39.3 Å². The molecule has 3 N–H and O–H groups in total.